The lowest BCUT2D eigenvalue weighted by Gasteiger charge is -2.26. The summed E-state index contributed by atoms with van der Waals surface area (Å²) in [5.74, 6) is 0.688. The summed E-state index contributed by atoms with van der Waals surface area (Å²) < 4.78 is 7.22. The molecule has 2 rings (SSSR count). The molecule has 0 spiro atoms. The largest absolute Gasteiger partial charge is 0.373 e. The minimum Gasteiger partial charge on any atom is -0.373 e. The first-order chi connectivity index (χ1) is 6.59. The molecular formula is C8H15N5O. The van der Waals surface area contributed by atoms with Crippen molar-refractivity contribution in [1.29, 1.82) is 0 Å². The number of aromatic nitrogens is 4. The molecule has 1 atom stereocenters. The van der Waals surface area contributed by atoms with E-state index in [0.29, 0.717) is 5.95 Å². The van der Waals surface area contributed by atoms with Crippen molar-refractivity contribution in [1.82, 2.24) is 20.2 Å². The highest BCUT2D eigenvalue weighted by atomic mass is 16.5. The Balaban J connectivity index is 2.08. The predicted molar refractivity (Wildman–Crippen MR) is 50.9 cm³/mol. The number of hydrogen-bond donors (Lipinski definition) is 1. The average Bonchev–Trinajstić information content (AvgIpc) is 2.62. The van der Waals surface area contributed by atoms with Crippen molar-refractivity contribution >= 4 is 5.95 Å². The molecule has 1 aromatic rings. The van der Waals surface area contributed by atoms with Gasteiger partial charge < -0.3 is 10.1 Å². The van der Waals surface area contributed by atoms with Crippen LogP contribution in [0.25, 0.3) is 0 Å². The Bertz CT molecular complexity index is 321. The fourth-order valence-corrected chi connectivity index (χ4v) is 1.64. The lowest BCUT2D eigenvalue weighted by Crippen LogP contribution is -2.38. The summed E-state index contributed by atoms with van der Waals surface area (Å²) in [5, 5.41) is 14.5. The second kappa shape index (κ2) is 3.20. The van der Waals surface area contributed by atoms with Crippen LogP contribution in [0.2, 0.25) is 0 Å². The van der Waals surface area contributed by atoms with Crippen molar-refractivity contribution in [2.75, 3.05) is 11.9 Å². The van der Waals surface area contributed by atoms with Crippen molar-refractivity contribution in [3.8, 4) is 0 Å². The van der Waals surface area contributed by atoms with E-state index in [1.165, 1.54) is 0 Å². The molecule has 1 fully saturated rings. The molecule has 1 aliphatic rings. The first-order valence-electron chi connectivity index (χ1n) is 4.72. The van der Waals surface area contributed by atoms with Crippen LogP contribution in [0.3, 0.4) is 0 Å². The zero-order valence-corrected chi connectivity index (χ0v) is 8.69. The van der Waals surface area contributed by atoms with E-state index in [1.54, 1.807) is 4.68 Å². The third-order valence-electron chi connectivity index (χ3n) is 2.64. The Morgan fingerprint density at radius 2 is 2.36 bits per heavy atom. The van der Waals surface area contributed by atoms with Crippen molar-refractivity contribution < 1.29 is 4.74 Å². The van der Waals surface area contributed by atoms with Gasteiger partial charge in [-0.2, -0.15) is 0 Å². The summed E-state index contributed by atoms with van der Waals surface area (Å²) in [6, 6.07) is 0.271. The lowest BCUT2D eigenvalue weighted by atomic mass is 9.99. The van der Waals surface area contributed by atoms with Crippen LogP contribution in [0.15, 0.2) is 0 Å². The standard InChI is InChI=1S/C8H15N5O/c1-8(2)6(4-5-14-8)9-7-10-11-12-13(7)3/h6H,4-5H2,1-3H3,(H,9,10,12). The molecule has 0 aromatic carbocycles. The monoisotopic (exact) mass is 197 g/mol. The van der Waals surface area contributed by atoms with Crippen LogP contribution >= 0.6 is 0 Å². The summed E-state index contributed by atoms with van der Waals surface area (Å²) in [6.07, 6.45) is 0.986. The van der Waals surface area contributed by atoms with E-state index in [9.17, 15) is 0 Å². The molecule has 6 heteroatoms. The summed E-state index contributed by atoms with van der Waals surface area (Å²) >= 11 is 0. The van der Waals surface area contributed by atoms with Gasteiger partial charge in [0.15, 0.2) is 0 Å². The van der Waals surface area contributed by atoms with Gasteiger partial charge in [0, 0.05) is 13.7 Å². The van der Waals surface area contributed by atoms with Gasteiger partial charge in [-0.15, -0.1) is 0 Å². The van der Waals surface area contributed by atoms with Crippen molar-refractivity contribution in [2.24, 2.45) is 7.05 Å². The fourth-order valence-electron chi connectivity index (χ4n) is 1.64. The molecule has 2 heterocycles. The molecule has 0 aliphatic carbocycles. The van der Waals surface area contributed by atoms with E-state index in [-0.39, 0.29) is 11.6 Å². The average molecular weight is 197 g/mol. The molecule has 0 radical (unpaired) electrons. The highest BCUT2D eigenvalue weighted by molar-refractivity contribution is 5.25. The Morgan fingerprint density at radius 1 is 1.57 bits per heavy atom. The maximum Gasteiger partial charge on any atom is 0.242 e. The number of tetrazole rings is 1. The SMILES string of the molecule is Cn1nnnc1NC1CCOC1(C)C. The highest BCUT2D eigenvalue weighted by Gasteiger charge is 2.36. The molecule has 0 bridgehead atoms. The first kappa shape index (κ1) is 9.39. The normalized spacial score (nSPS) is 25.2. The number of ether oxygens (including phenoxy) is 1. The molecule has 1 saturated heterocycles. The van der Waals surface area contributed by atoms with Gasteiger partial charge in [-0.3, -0.25) is 0 Å². The van der Waals surface area contributed by atoms with Crippen LogP contribution in [-0.4, -0.2) is 38.5 Å². The first-order valence-corrected chi connectivity index (χ1v) is 4.72. The Labute approximate surface area is 82.6 Å². The fraction of sp³-hybridized carbons (Fsp3) is 0.875. The topological polar surface area (TPSA) is 64.9 Å². The highest BCUT2D eigenvalue weighted by Crippen LogP contribution is 2.27. The van der Waals surface area contributed by atoms with Gasteiger partial charge in [0.05, 0.1) is 11.6 Å². The van der Waals surface area contributed by atoms with E-state index >= 15 is 0 Å². The van der Waals surface area contributed by atoms with Crippen LogP contribution in [0, 0.1) is 0 Å². The van der Waals surface area contributed by atoms with Crippen LogP contribution in [0.1, 0.15) is 20.3 Å². The van der Waals surface area contributed by atoms with Crippen LogP contribution in [0.5, 0.6) is 0 Å². The second-order valence-corrected chi connectivity index (χ2v) is 4.06. The molecule has 78 valence electrons. The maximum absolute atomic E-state index is 5.60. The number of anilines is 1. The van der Waals surface area contributed by atoms with E-state index < -0.39 is 0 Å². The molecule has 1 N–H and O–H groups in total. The van der Waals surface area contributed by atoms with Gasteiger partial charge in [-0.1, -0.05) is 5.10 Å². The second-order valence-electron chi connectivity index (χ2n) is 4.06. The van der Waals surface area contributed by atoms with Gasteiger partial charge in [-0.25, -0.2) is 4.68 Å². The zero-order valence-electron chi connectivity index (χ0n) is 8.69. The Hall–Kier alpha value is -1.17. The quantitative estimate of drug-likeness (QED) is 0.733. The number of aryl methyl sites for hydroxylation is 1. The minimum atomic E-state index is -0.147. The maximum atomic E-state index is 5.60. The van der Waals surface area contributed by atoms with Gasteiger partial charge in [0.1, 0.15) is 0 Å². The molecule has 0 amide bonds. The minimum absolute atomic E-state index is 0.147. The van der Waals surface area contributed by atoms with Crippen LogP contribution in [0.4, 0.5) is 5.95 Å². The summed E-state index contributed by atoms with van der Waals surface area (Å²) in [6.45, 7) is 4.93. The van der Waals surface area contributed by atoms with E-state index in [2.05, 4.69) is 34.7 Å². The molecule has 6 nitrogen and oxygen atoms in total. The van der Waals surface area contributed by atoms with Gasteiger partial charge in [0.2, 0.25) is 5.95 Å². The van der Waals surface area contributed by atoms with E-state index in [1.807, 2.05) is 7.05 Å². The molecular weight excluding hydrogens is 182 g/mol. The van der Waals surface area contributed by atoms with Gasteiger partial charge >= 0.3 is 0 Å². The number of hydrogen-bond acceptors (Lipinski definition) is 5. The van der Waals surface area contributed by atoms with E-state index in [0.717, 1.165) is 13.0 Å². The Morgan fingerprint density at radius 3 is 2.86 bits per heavy atom. The van der Waals surface area contributed by atoms with E-state index in [4.69, 9.17) is 4.74 Å². The third-order valence-corrected chi connectivity index (χ3v) is 2.64. The summed E-state index contributed by atoms with van der Waals surface area (Å²) in [5.41, 5.74) is -0.147. The predicted octanol–water partition coefficient (Wildman–Crippen LogP) is 0.189. The smallest absolute Gasteiger partial charge is 0.242 e. The number of nitrogens with zero attached hydrogens (tertiary/aromatic N) is 4. The molecule has 1 aliphatic heterocycles. The number of rotatable bonds is 2. The summed E-state index contributed by atoms with van der Waals surface area (Å²) in [4.78, 5) is 0. The third kappa shape index (κ3) is 1.57. The molecule has 0 saturated carbocycles. The summed E-state index contributed by atoms with van der Waals surface area (Å²) in [7, 11) is 1.81. The van der Waals surface area contributed by atoms with Crippen molar-refractivity contribution in [3.05, 3.63) is 0 Å². The van der Waals surface area contributed by atoms with Crippen LogP contribution in [-0.2, 0) is 11.8 Å². The zero-order chi connectivity index (χ0) is 10.2. The Kier molecular flexibility index (Phi) is 2.14. The number of nitrogens with one attached hydrogen (secondary N) is 1. The van der Waals surface area contributed by atoms with Crippen molar-refractivity contribution in [3.63, 3.8) is 0 Å². The van der Waals surface area contributed by atoms with Gasteiger partial charge in [0.25, 0.3) is 0 Å². The molecule has 1 unspecified atom stereocenters. The van der Waals surface area contributed by atoms with Gasteiger partial charge in [-0.05, 0) is 30.7 Å². The van der Waals surface area contributed by atoms with Crippen LogP contribution < -0.4 is 5.32 Å². The molecule has 14 heavy (non-hydrogen) atoms. The van der Waals surface area contributed by atoms with Crippen molar-refractivity contribution in [2.45, 2.75) is 31.9 Å². The lowest BCUT2D eigenvalue weighted by molar-refractivity contribution is 0.0313. The molecule has 1 aromatic heterocycles.